The number of piperidine rings is 1. The van der Waals surface area contributed by atoms with Crippen molar-refractivity contribution in [1.82, 2.24) is 15.2 Å². The molecule has 1 aromatic heterocycles. The third-order valence-electron chi connectivity index (χ3n) is 4.67. The van der Waals surface area contributed by atoms with E-state index in [0.717, 1.165) is 36.4 Å². The molecule has 0 spiro atoms. The van der Waals surface area contributed by atoms with E-state index in [4.69, 9.17) is 5.73 Å². The highest BCUT2D eigenvalue weighted by Gasteiger charge is 2.36. The second kappa shape index (κ2) is 6.86. The van der Waals surface area contributed by atoms with Gasteiger partial charge in [0.05, 0.1) is 6.04 Å². The molecule has 23 heavy (non-hydrogen) atoms. The van der Waals surface area contributed by atoms with Gasteiger partial charge in [0.25, 0.3) is 0 Å². The van der Waals surface area contributed by atoms with E-state index in [-0.39, 0.29) is 18.0 Å². The highest BCUT2D eigenvalue weighted by molar-refractivity contribution is 7.09. The molecule has 1 atom stereocenters. The molecule has 1 saturated carbocycles. The van der Waals surface area contributed by atoms with E-state index < -0.39 is 0 Å². The van der Waals surface area contributed by atoms with E-state index in [1.807, 2.05) is 17.2 Å². The third-order valence-corrected chi connectivity index (χ3v) is 5.71. The Morgan fingerprint density at radius 1 is 1.39 bits per heavy atom. The molecule has 1 aliphatic carbocycles. The Labute approximate surface area is 140 Å². The first-order valence-electron chi connectivity index (χ1n) is 8.28. The Balaban J connectivity index is 1.55. The standard InChI is InChI=1S/C16H24N4O2S/c1-10-9-23-15(18-10)14(12-2-3-12)19-16(22)20-6-4-11(5-7-20)8-13(17)21/h9,11-12,14H,2-8H2,1H3,(H2,17,21)(H,19,22)/t14-/m1/s1. The Hall–Kier alpha value is -1.63. The lowest BCUT2D eigenvalue weighted by Crippen LogP contribution is -2.46. The number of urea groups is 1. The van der Waals surface area contributed by atoms with Gasteiger partial charge in [0, 0.05) is 30.6 Å². The first-order chi connectivity index (χ1) is 11.0. The number of primary amides is 1. The Bertz CT molecular complexity index is 576. The highest BCUT2D eigenvalue weighted by atomic mass is 32.1. The molecule has 0 radical (unpaired) electrons. The molecule has 1 aliphatic heterocycles. The molecule has 1 saturated heterocycles. The summed E-state index contributed by atoms with van der Waals surface area (Å²) >= 11 is 1.63. The van der Waals surface area contributed by atoms with Crippen LogP contribution in [0.25, 0.3) is 0 Å². The van der Waals surface area contributed by atoms with Gasteiger partial charge >= 0.3 is 6.03 Å². The van der Waals surface area contributed by atoms with Crippen LogP contribution in [0.5, 0.6) is 0 Å². The second-order valence-electron chi connectivity index (χ2n) is 6.69. The predicted octanol–water partition coefficient (Wildman–Crippen LogP) is 2.20. The Kier molecular flexibility index (Phi) is 4.84. The van der Waals surface area contributed by atoms with E-state index in [1.165, 1.54) is 0 Å². The van der Waals surface area contributed by atoms with Gasteiger partial charge in [-0.25, -0.2) is 9.78 Å². The van der Waals surface area contributed by atoms with Crippen LogP contribution in [0.15, 0.2) is 5.38 Å². The summed E-state index contributed by atoms with van der Waals surface area (Å²) in [5.74, 6) is 0.593. The first kappa shape index (κ1) is 16.2. The van der Waals surface area contributed by atoms with Gasteiger partial charge in [-0.1, -0.05) is 0 Å². The van der Waals surface area contributed by atoms with Crippen LogP contribution in [0.1, 0.15) is 48.8 Å². The van der Waals surface area contributed by atoms with Crippen molar-refractivity contribution in [3.63, 3.8) is 0 Å². The van der Waals surface area contributed by atoms with Crippen molar-refractivity contribution >= 4 is 23.3 Å². The number of nitrogens with zero attached hydrogens (tertiary/aromatic N) is 2. The van der Waals surface area contributed by atoms with E-state index in [9.17, 15) is 9.59 Å². The van der Waals surface area contributed by atoms with Gasteiger partial charge in [0.1, 0.15) is 5.01 Å². The summed E-state index contributed by atoms with van der Waals surface area (Å²) in [7, 11) is 0. The van der Waals surface area contributed by atoms with Gasteiger partial charge in [-0.15, -0.1) is 11.3 Å². The van der Waals surface area contributed by atoms with Crippen molar-refractivity contribution in [1.29, 1.82) is 0 Å². The lowest BCUT2D eigenvalue weighted by molar-refractivity contribution is -0.119. The zero-order valence-electron chi connectivity index (χ0n) is 13.5. The number of aryl methyl sites for hydroxylation is 1. The number of hydrogen-bond donors (Lipinski definition) is 2. The number of aromatic nitrogens is 1. The molecule has 3 rings (SSSR count). The van der Waals surface area contributed by atoms with E-state index in [2.05, 4.69) is 10.3 Å². The van der Waals surface area contributed by atoms with Crippen molar-refractivity contribution in [2.24, 2.45) is 17.6 Å². The maximum atomic E-state index is 12.5. The summed E-state index contributed by atoms with van der Waals surface area (Å²) in [5.41, 5.74) is 6.26. The molecule has 3 N–H and O–H groups in total. The number of nitrogens with two attached hydrogens (primary N) is 1. The van der Waals surface area contributed by atoms with Crippen LogP contribution in [-0.4, -0.2) is 34.9 Å². The summed E-state index contributed by atoms with van der Waals surface area (Å²) in [6, 6.07) is 0.0387. The van der Waals surface area contributed by atoms with Crippen molar-refractivity contribution in [2.75, 3.05) is 13.1 Å². The van der Waals surface area contributed by atoms with E-state index in [1.54, 1.807) is 11.3 Å². The molecule has 7 heteroatoms. The van der Waals surface area contributed by atoms with Gasteiger partial charge in [0.2, 0.25) is 5.91 Å². The normalized spacial score (nSPS) is 20.3. The van der Waals surface area contributed by atoms with Crippen LogP contribution in [0.2, 0.25) is 0 Å². The minimum atomic E-state index is -0.249. The summed E-state index contributed by atoms with van der Waals surface area (Å²) in [6.45, 7) is 3.37. The average molecular weight is 336 g/mol. The van der Waals surface area contributed by atoms with Crippen molar-refractivity contribution in [2.45, 2.75) is 45.1 Å². The smallest absolute Gasteiger partial charge is 0.317 e. The van der Waals surface area contributed by atoms with Gasteiger partial charge in [0.15, 0.2) is 0 Å². The monoisotopic (exact) mass is 336 g/mol. The quantitative estimate of drug-likeness (QED) is 0.864. The molecule has 1 aromatic rings. The molecular formula is C16H24N4O2S. The zero-order chi connectivity index (χ0) is 16.4. The number of likely N-dealkylation sites (tertiary alicyclic amines) is 1. The lowest BCUT2D eigenvalue weighted by Gasteiger charge is -2.32. The Morgan fingerprint density at radius 2 is 2.09 bits per heavy atom. The average Bonchev–Trinajstić information content (AvgIpc) is 3.26. The summed E-state index contributed by atoms with van der Waals surface area (Å²) in [5, 5.41) is 6.23. The fraction of sp³-hybridized carbons (Fsp3) is 0.688. The number of thiazole rings is 1. The minimum absolute atomic E-state index is 0.00715. The fourth-order valence-electron chi connectivity index (χ4n) is 3.17. The van der Waals surface area contributed by atoms with Crippen LogP contribution >= 0.6 is 11.3 Å². The van der Waals surface area contributed by atoms with Gasteiger partial charge in [-0.3, -0.25) is 4.79 Å². The third kappa shape index (κ3) is 4.22. The molecule has 6 nitrogen and oxygen atoms in total. The molecule has 0 unspecified atom stereocenters. The first-order valence-corrected chi connectivity index (χ1v) is 9.16. The minimum Gasteiger partial charge on any atom is -0.370 e. The van der Waals surface area contributed by atoms with Gasteiger partial charge in [-0.2, -0.15) is 0 Å². The van der Waals surface area contributed by atoms with Crippen LogP contribution < -0.4 is 11.1 Å². The van der Waals surface area contributed by atoms with Crippen LogP contribution in [0.4, 0.5) is 4.79 Å². The number of rotatable bonds is 5. The lowest BCUT2D eigenvalue weighted by atomic mass is 9.93. The molecule has 2 heterocycles. The SMILES string of the molecule is Cc1csc([C@H](NC(=O)N2CCC(CC(N)=O)CC2)C2CC2)n1. The molecule has 0 bridgehead atoms. The molecular weight excluding hydrogens is 312 g/mol. The molecule has 2 aliphatic rings. The topological polar surface area (TPSA) is 88.3 Å². The molecule has 3 amide bonds. The number of carbonyl (C=O) groups is 2. The van der Waals surface area contributed by atoms with E-state index in [0.29, 0.717) is 31.3 Å². The van der Waals surface area contributed by atoms with Crippen molar-refractivity contribution in [3.8, 4) is 0 Å². The highest BCUT2D eigenvalue weighted by Crippen LogP contribution is 2.42. The van der Waals surface area contributed by atoms with Gasteiger partial charge in [-0.05, 0) is 44.4 Å². The van der Waals surface area contributed by atoms with Crippen molar-refractivity contribution in [3.05, 3.63) is 16.1 Å². The number of amides is 3. The number of hydrogen-bond acceptors (Lipinski definition) is 4. The second-order valence-corrected chi connectivity index (χ2v) is 7.58. The Morgan fingerprint density at radius 3 is 2.61 bits per heavy atom. The summed E-state index contributed by atoms with van der Waals surface area (Å²) < 4.78 is 0. The largest absolute Gasteiger partial charge is 0.370 e. The van der Waals surface area contributed by atoms with E-state index >= 15 is 0 Å². The summed E-state index contributed by atoms with van der Waals surface area (Å²) in [4.78, 5) is 29.9. The van der Waals surface area contributed by atoms with Crippen molar-refractivity contribution < 1.29 is 9.59 Å². The summed E-state index contributed by atoms with van der Waals surface area (Å²) in [6.07, 6.45) is 4.44. The molecule has 2 fully saturated rings. The number of nitrogens with one attached hydrogen (secondary N) is 1. The zero-order valence-corrected chi connectivity index (χ0v) is 14.3. The molecule has 126 valence electrons. The fourth-order valence-corrected chi connectivity index (χ4v) is 4.11. The van der Waals surface area contributed by atoms with Crippen LogP contribution in [0, 0.1) is 18.8 Å². The predicted molar refractivity (Wildman–Crippen MR) is 89.0 cm³/mol. The van der Waals surface area contributed by atoms with Gasteiger partial charge < -0.3 is 16.0 Å². The van der Waals surface area contributed by atoms with Crippen LogP contribution in [0.3, 0.4) is 0 Å². The number of carbonyl (C=O) groups excluding carboxylic acids is 2. The van der Waals surface area contributed by atoms with Crippen LogP contribution in [-0.2, 0) is 4.79 Å². The molecule has 0 aromatic carbocycles. The maximum Gasteiger partial charge on any atom is 0.317 e. The maximum absolute atomic E-state index is 12.5.